The minimum atomic E-state index is -0.0257. The normalized spacial score (nSPS) is 25.1. The van der Waals surface area contributed by atoms with Crippen LogP contribution in [0.1, 0.15) is 39.5 Å². The first-order valence-corrected chi connectivity index (χ1v) is 6.87. The van der Waals surface area contributed by atoms with E-state index in [9.17, 15) is 4.79 Å². The van der Waals surface area contributed by atoms with Gasteiger partial charge in [0.15, 0.2) is 0 Å². The fourth-order valence-corrected chi connectivity index (χ4v) is 2.60. The highest BCUT2D eigenvalue weighted by Gasteiger charge is 2.51. The number of unbranched alkanes of at least 4 members (excludes halogenated alkanes) is 1. The van der Waals surface area contributed by atoms with Crippen molar-refractivity contribution in [3.05, 3.63) is 0 Å². The second kappa shape index (κ2) is 4.94. The summed E-state index contributed by atoms with van der Waals surface area (Å²) >= 11 is 0. The molecule has 1 amide bonds. The van der Waals surface area contributed by atoms with Gasteiger partial charge in [-0.15, -0.1) is 0 Å². The van der Waals surface area contributed by atoms with E-state index in [1.807, 2.05) is 6.92 Å². The molecule has 1 aliphatic carbocycles. The van der Waals surface area contributed by atoms with E-state index < -0.39 is 0 Å². The number of amides is 1. The fourth-order valence-electron chi connectivity index (χ4n) is 2.60. The van der Waals surface area contributed by atoms with Crippen molar-refractivity contribution in [2.24, 2.45) is 11.7 Å². The third-order valence-corrected chi connectivity index (χ3v) is 4.14. The van der Waals surface area contributed by atoms with Gasteiger partial charge >= 0.3 is 0 Å². The Balaban J connectivity index is 1.70. The topological polar surface area (TPSA) is 58.4 Å². The predicted octanol–water partition coefficient (Wildman–Crippen LogP) is 0.714. The van der Waals surface area contributed by atoms with Crippen LogP contribution >= 0.6 is 0 Å². The molecule has 1 atom stereocenters. The summed E-state index contributed by atoms with van der Waals surface area (Å²) in [7, 11) is 0. The van der Waals surface area contributed by atoms with Crippen LogP contribution in [0.15, 0.2) is 0 Å². The maximum Gasteiger partial charge on any atom is 0.237 e. The summed E-state index contributed by atoms with van der Waals surface area (Å²) in [5, 5.41) is 2.98. The third kappa shape index (κ3) is 2.80. The molecule has 0 spiro atoms. The van der Waals surface area contributed by atoms with Gasteiger partial charge in [0.05, 0.1) is 6.04 Å². The lowest BCUT2D eigenvalue weighted by Gasteiger charge is -2.50. The minimum absolute atomic E-state index is 0.0119. The summed E-state index contributed by atoms with van der Waals surface area (Å²) in [4.78, 5) is 14.0. The number of nitrogens with one attached hydrogen (secondary N) is 1. The smallest absolute Gasteiger partial charge is 0.237 e. The van der Waals surface area contributed by atoms with Crippen LogP contribution in [0.3, 0.4) is 0 Å². The number of rotatable bonds is 6. The number of hydrogen-bond donors (Lipinski definition) is 2. The lowest BCUT2D eigenvalue weighted by molar-refractivity contribution is -0.129. The monoisotopic (exact) mass is 239 g/mol. The zero-order valence-electron chi connectivity index (χ0n) is 11.0. The average Bonchev–Trinajstić information content (AvgIpc) is 3.08. The lowest BCUT2D eigenvalue weighted by atomic mass is 9.84. The zero-order chi connectivity index (χ0) is 12.5. The Labute approximate surface area is 104 Å². The Bertz CT molecular complexity index is 282. The minimum Gasteiger partial charge on any atom is -0.355 e. The molecule has 0 aromatic carbocycles. The molecule has 2 rings (SSSR count). The van der Waals surface area contributed by atoms with Gasteiger partial charge in [0.1, 0.15) is 0 Å². The summed E-state index contributed by atoms with van der Waals surface area (Å²) in [6, 6.07) is -0.0257. The van der Waals surface area contributed by atoms with E-state index in [0.717, 1.165) is 32.5 Å². The molecule has 0 aromatic rings. The number of carbonyl (C=O) groups is 1. The Morgan fingerprint density at radius 3 is 2.71 bits per heavy atom. The van der Waals surface area contributed by atoms with Crippen LogP contribution < -0.4 is 11.1 Å². The second-order valence-electron chi connectivity index (χ2n) is 5.73. The highest BCUT2D eigenvalue weighted by atomic mass is 16.2. The number of likely N-dealkylation sites (tertiary alicyclic amines) is 1. The van der Waals surface area contributed by atoms with Crippen molar-refractivity contribution in [1.29, 1.82) is 0 Å². The SMILES string of the molecule is CCCCNC(=O)C(C)N1CC(N)(C2CC2)C1. The molecule has 1 saturated heterocycles. The molecule has 1 heterocycles. The molecule has 17 heavy (non-hydrogen) atoms. The van der Waals surface area contributed by atoms with Crippen LogP contribution in [-0.2, 0) is 4.79 Å². The number of nitrogens with zero attached hydrogens (tertiary/aromatic N) is 1. The van der Waals surface area contributed by atoms with Gasteiger partial charge in [-0.3, -0.25) is 9.69 Å². The summed E-state index contributed by atoms with van der Waals surface area (Å²) in [6.45, 7) is 6.68. The molecule has 1 saturated carbocycles. The van der Waals surface area contributed by atoms with Crippen molar-refractivity contribution >= 4 is 5.91 Å². The maximum absolute atomic E-state index is 11.9. The molecule has 1 aliphatic heterocycles. The van der Waals surface area contributed by atoms with Crippen molar-refractivity contribution in [3.63, 3.8) is 0 Å². The molecule has 0 bridgehead atoms. The van der Waals surface area contributed by atoms with E-state index >= 15 is 0 Å². The van der Waals surface area contributed by atoms with E-state index in [0.29, 0.717) is 5.92 Å². The van der Waals surface area contributed by atoms with Crippen molar-refractivity contribution < 1.29 is 4.79 Å². The third-order valence-electron chi connectivity index (χ3n) is 4.14. The molecule has 4 nitrogen and oxygen atoms in total. The van der Waals surface area contributed by atoms with Gasteiger partial charge in [-0.05, 0) is 32.1 Å². The predicted molar refractivity (Wildman–Crippen MR) is 68.6 cm³/mol. The summed E-state index contributed by atoms with van der Waals surface area (Å²) in [6.07, 6.45) is 4.73. The van der Waals surface area contributed by atoms with E-state index in [4.69, 9.17) is 5.73 Å². The Morgan fingerprint density at radius 1 is 1.53 bits per heavy atom. The molecule has 3 N–H and O–H groups in total. The van der Waals surface area contributed by atoms with Crippen LogP contribution in [0.5, 0.6) is 0 Å². The van der Waals surface area contributed by atoms with Crippen LogP contribution in [0.25, 0.3) is 0 Å². The van der Waals surface area contributed by atoms with Gasteiger partial charge < -0.3 is 11.1 Å². The van der Waals surface area contributed by atoms with Crippen LogP contribution in [0, 0.1) is 5.92 Å². The summed E-state index contributed by atoms with van der Waals surface area (Å²) in [5.41, 5.74) is 6.30. The van der Waals surface area contributed by atoms with Gasteiger partial charge in [0.25, 0.3) is 0 Å². The molecular formula is C13H25N3O. The standard InChI is InChI=1S/C13H25N3O/c1-3-4-7-15-12(17)10(2)16-8-13(14,9-16)11-5-6-11/h10-11H,3-9,14H2,1-2H3,(H,15,17). The van der Waals surface area contributed by atoms with Gasteiger partial charge in [-0.25, -0.2) is 0 Å². The molecule has 0 aromatic heterocycles. The number of nitrogens with two attached hydrogens (primary N) is 1. The molecular weight excluding hydrogens is 214 g/mol. The Morgan fingerprint density at radius 2 is 2.18 bits per heavy atom. The maximum atomic E-state index is 11.9. The highest BCUT2D eigenvalue weighted by molar-refractivity contribution is 5.81. The van der Waals surface area contributed by atoms with Crippen LogP contribution in [0.4, 0.5) is 0 Å². The first-order valence-electron chi connectivity index (χ1n) is 6.87. The average molecular weight is 239 g/mol. The largest absolute Gasteiger partial charge is 0.355 e. The zero-order valence-corrected chi connectivity index (χ0v) is 11.0. The first kappa shape index (κ1) is 12.8. The van der Waals surface area contributed by atoms with Crippen molar-refractivity contribution in [3.8, 4) is 0 Å². The van der Waals surface area contributed by atoms with Crippen molar-refractivity contribution in [2.75, 3.05) is 19.6 Å². The van der Waals surface area contributed by atoms with Gasteiger partial charge in [0.2, 0.25) is 5.91 Å². The molecule has 2 aliphatic rings. The molecule has 1 unspecified atom stereocenters. The highest BCUT2D eigenvalue weighted by Crippen LogP contribution is 2.43. The van der Waals surface area contributed by atoms with Gasteiger partial charge in [0, 0.05) is 25.2 Å². The fraction of sp³-hybridized carbons (Fsp3) is 0.923. The van der Waals surface area contributed by atoms with E-state index in [-0.39, 0.29) is 17.5 Å². The Hall–Kier alpha value is -0.610. The molecule has 0 radical (unpaired) electrons. The van der Waals surface area contributed by atoms with Crippen molar-refractivity contribution in [1.82, 2.24) is 10.2 Å². The lowest BCUT2D eigenvalue weighted by Crippen LogP contribution is -2.71. The van der Waals surface area contributed by atoms with E-state index in [1.54, 1.807) is 0 Å². The van der Waals surface area contributed by atoms with Crippen molar-refractivity contribution in [2.45, 2.75) is 51.1 Å². The second-order valence-corrected chi connectivity index (χ2v) is 5.73. The van der Waals surface area contributed by atoms with Gasteiger partial charge in [-0.1, -0.05) is 13.3 Å². The summed E-state index contributed by atoms with van der Waals surface area (Å²) in [5.74, 6) is 0.866. The van der Waals surface area contributed by atoms with Crippen LogP contribution in [0.2, 0.25) is 0 Å². The van der Waals surface area contributed by atoms with Crippen LogP contribution in [-0.4, -0.2) is 42.0 Å². The quantitative estimate of drug-likeness (QED) is 0.671. The molecule has 4 heteroatoms. The molecule has 2 fully saturated rings. The number of carbonyl (C=O) groups excluding carboxylic acids is 1. The molecule has 98 valence electrons. The Kier molecular flexibility index (Phi) is 3.73. The van der Waals surface area contributed by atoms with Gasteiger partial charge in [-0.2, -0.15) is 0 Å². The summed E-state index contributed by atoms with van der Waals surface area (Å²) < 4.78 is 0. The number of hydrogen-bond acceptors (Lipinski definition) is 3. The van der Waals surface area contributed by atoms with E-state index in [1.165, 1.54) is 12.8 Å². The first-order chi connectivity index (χ1) is 8.07. The van der Waals surface area contributed by atoms with E-state index in [2.05, 4.69) is 17.1 Å².